The highest BCUT2D eigenvalue weighted by atomic mass is 35.5. The van der Waals surface area contributed by atoms with E-state index in [1.54, 1.807) is 0 Å². The van der Waals surface area contributed by atoms with Gasteiger partial charge in [0.05, 0.1) is 15.6 Å². The quantitative estimate of drug-likeness (QED) is 0.652. The van der Waals surface area contributed by atoms with E-state index in [9.17, 15) is 17.6 Å². The fourth-order valence-electron chi connectivity index (χ4n) is 2.26. The largest absolute Gasteiger partial charge is 0.352 e. The molecule has 0 heterocycles. The van der Waals surface area contributed by atoms with E-state index in [0.29, 0.717) is 6.54 Å². The van der Waals surface area contributed by atoms with Crippen molar-refractivity contribution < 1.29 is 17.6 Å². The lowest BCUT2D eigenvalue weighted by Gasteiger charge is -2.12. The molecule has 0 aliphatic carbocycles. The number of anilines is 1. The normalized spacial score (nSPS) is 11.4. The zero-order valence-corrected chi connectivity index (χ0v) is 16.6. The molecule has 0 radical (unpaired) electrons. The molecule has 6 nitrogen and oxygen atoms in total. The van der Waals surface area contributed by atoms with Crippen molar-refractivity contribution in [2.24, 2.45) is 0 Å². The van der Waals surface area contributed by atoms with Crippen LogP contribution >= 0.6 is 11.6 Å². The molecule has 2 rings (SSSR count). The third-order valence-corrected chi connectivity index (χ3v) is 5.38. The van der Waals surface area contributed by atoms with Gasteiger partial charge in [0.15, 0.2) is 0 Å². The van der Waals surface area contributed by atoms with Gasteiger partial charge in [-0.25, -0.2) is 12.8 Å². The third kappa shape index (κ3) is 6.20. The van der Waals surface area contributed by atoms with E-state index in [0.717, 1.165) is 37.2 Å². The van der Waals surface area contributed by atoms with Gasteiger partial charge in [0.1, 0.15) is 5.82 Å². The van der Waals surface area contributed by atoms with E-state index in [4.69, 9.17) is 11.6 Å². The van der Waals surface area contributed by atoms with Crippen LogP contribution in [-0.4, -0.2) is 46.4 Å². The maximum Gasteiger partial charge on any atom is 0.261 e. The van der Waals surface area contributed by atoms with Gasteiger partial charge in [-0.05, 0) is 69.5 Å². The molecule has 0 bridgehead atoms. The Bertz CT molecular complexity index is 903. The fraction of sp³-hybridized carbons (Fsp3) is 0.278. The van der Waals surface area contributed by atoms with E-state index < -0.39 is 15.8 Å². The maximum atomic E-state index is 13.0. The van der Waals surface area contributed by atoms with Crippen molar-refractivity contribution in [3.05, 3.63) is 58.9 Å². The van der Waals surface area contributed by atoms with E-state index in [-0.39, 0.29) is 27.1 Å². The second-order valence-corrected chi connectivity index (χ2v) is 8.26. The number of nitrogens with zero attached hydrogens (tertiary/aromatic N) is 1. The van der Waals surface area contributed by atoms with Crippen molar-refractivity contribution in [2.45, 2.75) is 11.3 Å². The minimum atomic E-state index is -3.96. The molecule has 27 heavy (non-hydrogen) atoms. The van der Waals surface area contributed by atoms with Gasteiger partial charge in [-0.1, -0.05) is 11.6 Å². The lowest BCUT2D eigenvalue weighted by Crippen LogP contribution is -2.27. The molecule has 146 valence electrons. The number of halogens is 2. The van der Waals surface area contributed by atoms with Crippen LogP contribution in [0.1, 0.15) is 16.8 Å². The molecule has 0 saturated heterocycles. The number of benzene rings is 2. The number of carbonyl (C=O) groups is 1. The number of sulfonamides is 1. The molecule has 2 N–H and O–H groups in total. The summed E-state index contributed by atoms with van der Waals surface area (Å²) in [6.07, 6.45) is 0.788. The number of rotatable bonds is 8. The van der Waals surface area contributed by atoms with Crippen LogP contribution in [0.5, 0.6) is 0 Å². The van der Waals surface area contributed by atoms with Gasteiger partial charge in [-0.3, -0.25) is 9.52 Å². The molecule has 0 unspecified atom stereocenters. The molecule has 2 aromatic carbocycles. The molecule has 0 aliphatic rings. The minimum Gasteiger partial charge on any atom is -0.352 e. The van der Waals surface area contributed by atoms with Crippen LogP contribution in [0.15, 0.2) is 47.4 Å². The van der Waals surface area contributed by atoms with Crippen LogP contribution in [0.25, 0.3) is 0 Å². The van der Waals surface area contributed by atoms with Crippen molar-refractivity contribution in [3.63, 3.8) is 0 Å². The second-order valence-electron chi connectivity index (χ2n) is 6.17. The highest BCUT2D eigenvalue weighted by Crippen LogP contribution is 2.26. The monoisotopic (exact) mass is 413 g/mol. The summed E-state index contributed by atoms with van der Waals surface area (Å²) in [5.41, 5.74) is 0.350. The summed E-state index contributed by atoms with van der Waals surface area (Å²) in [6.45, 7) is 1.33. The van der Waals surface area contributed by atoms with Gasteiger partial charge in [-0.15, -0.1) is 0 Å². The maximum absolute atomic E-state index is 13.0. The molecule has 0 saturated carbocycles. The Morgan fingerprint density at radius 2 is 1.81 bits per heavy atom. The van der Waals surface area contributed by atoms with Gasteiger partial charge in [0.25, 0.3) is 15.9 Å². The zero-order valence-electron chi connectivity index (χ0n) is 15.0. The predicted octanol–water partition coefficient (Wildman–Crippen LogP) is 2.96. The summed E-state index contributed by atoms with van der Waals surface area (Å²) >= 11 is 6.06. The zero-order chi connectivity index (χ0) is 20.0. The van der Waals surface area contributed by atoms with E-state index in [2.05, 4.69) is 10.0 Å². The first-order valence-corrected chi connectivity index (χ1v) is 10.1. The summed E-state index contributed by atoms with van der Waals surface area (Å²) in [5.74, 6) is -0.868. The third-order valence-electron chi connectivity index (χ3n) is 3.66. The van der Waals surface area contributed by atoms with Crippen LogP contribution in [0.4, 0.5) is 10.1 Å². The fourth-order valence-corrected chi connectivity index (χ4v) is 3.55. The minimum absolute atomic E-state index is 0.0712. The number of amides is 1. The molecule has 9 heteroatoms. The molecule has 0 aliphatic heterocycles. The number of nitrogens with one attached hydrogen (secondary N) is 2. The number of carbonyl (C=O) groups excluding carboxylic acids is 1. The smallest absolute Gasteiger partial charge is 0.261 e. The molecule has 2 aromatic rings. The summed E-state index contributed by atoms with van der Waals surface area (Å²) < 4.78 is 40.2. The van der Waals surface area contributed by atoms with Crippen LogP contribution in [0.3, 0.4) is 0 Å². The molecular formula is C18H21ClFN3O3S. The summed E-state index contributed by atoms with van der Waals surface area (Å²) in [5, 5.41) is 2.92. The Labute approximate surface area is 163 Å². The van der Waals surface area contributed by atoms with Crippen LogP contribution in [-0.2, 0) is 10.0 Å². The van der Waals surface area contributed by atoms with Crippen molar-refractivity contribution in [1.29, 1.82) is 0 Å². The lowest BCUT2D eigenvalue weighted by atomic mass is 10.2. The Morgan fingerprint density at radius 1 is 1.15 bits per heavy atom. The van der Waals surface area contributed by atoms with E-state index in [1.165, 1.54) is 18.2 Å². The van der Waals surface area contributed by atoms with Crippen molar-refractivity contribution in [2.75, 3.05) is 31.9 Å². The predicted molar refractivity (Wildman–Crippen MR) is 104 cm³/mol. The van der Waals surface area contributed by atoms with Gasteiger partial charge in [0, 0.05) is 12.1 Å². The van der Waals surface area contributed by atoms with Crippen LogP contribution in [0.2, 0.25) is 5.02 Å². The molecule has 1 amide bonds. The SMILES string of the molecule is CN(C)CCCNC(=O)c1ccc(Cl)c(NS(=O)(=O)c2ccc(F)cc2)c1. The highest BCUT2D eigenvalue weighted by molar-refractivity contribution is 7.92. The molecule has 0 spiro atoms. The number of hydrogen-bond donors (Lipinski definition) is 2. The highest BCUT2D eigenvalue weighted by Gasteiger charge is 2.17. The summed E-state index contributed by atoms with van der Waals surface area (Å²) in [7, 11) is -0.0739. The standard InChI is InChI=1S/C18H21ClFN3O3S/c1-23(2)11-3-10-21-18(24)13-4-9-16(19)17(12-13)22-27(25,26)15-7-5-14(20)6-8-15/h4-9,12,22H,3,10-11H2,1-2H3,(H,21,24). The van der Waals surface area contributed by atoms with Gasteiger partial charge in [-0.2, -0.15) is 0 Å². The molecular weight excluding hydrogens is 393 g/mol. The number of hydrogen-bond acceptors (Lipinski definition) is 4. The molecule has 0 aromatic heterocycles. The summed E-state index contributed by atoms with van der Waals surface area (Å²) in [6, 6.07) is 8.71. The van der Waals surface area contributed by atoms with E-state index >= 15 is 0 Å². The van der Waals surface area contributed by atoms with Crippen LogP contribution < -0.4 is 10.0 Å². The molecule has 0 fully saturated rings. The summed E-state index contributed by atoms with van der Waals surface area (Å²) in [4.78, 5) is 14.1. The Morgan fingerprint density at radius 3 is 2.44 bits per heavy atom. The Balaban J connectivity index is 2.12. The van der Waals surface area contributed by atoms with Crippen LogP contribution in [0, 0.1) is 5.82 Å². The van der Waals surface area contributed by atoms with Gasteiger partial charge >= 0.3 is 0 Å². The first-order chi connectivity index (χ1) is 12.7. The topological polar surface area (TPSA) is 78.5 Å². The first kappa shape index (κ1) is 21.1. The van der Waals surface area contributed by atoms with Gasteiger partial charge < -0.3 is 10.2 Å². The first-order valence-electron chi connectivity index (χ1n) is 8.20. The van der Waals surface area contributed by atoms with Gasteiger partial charge in [0.2, 0.25) is 0 Å². The Hall–Kier alpha value is -2.16. The van der Waals surface area contributed by atoms with E-state index in [1.807, 2.05) is 19.0 Å². The average molecular weight is 414 g/mol. The molecule has 0 atom stereocenters. The Kier molecular flexibility index (Phi) is 7.18. The van der Waals surface area contributed by atoms with Crippen molar-refractivity contribution in [1.82, 2.24) is 10.2 Å². The van der Waals surface area contributed by atoms with Crippen molar-refractivity contribution in [3.8, 4) is 0 Å². The van der Waals surface area contributed by atoms with Crippen molar-refractivity contribution >= 4 is 33.2 Å². The second kappa shape index (κ2) is 9.16. The average Bonchev–Trinajstić information content (AvgIpc) is 2.60. The lowest BCUT2D eigenvalue weighted by molar-refractivity contribution is 0.0952.